The SMILES string of the molecule is C/C(=N/NC(N)=S)C1CC2CCC1C2. The molecule has 3 N–H and O–H groups in total. The third-order valence-corrected chi connectivity index (χ3v) is 3.71. The molecule has 0 heterocycles. The molecule has 0 spiro atoms. The number of fused-ring (bicyclic) bond motifs is 2. The van der Waals surface area contributed by atoms with Crippen LogP contribution < -0.4 is 11.2 Å². The van der Waals surface area contributed by atoms with Crippen LogP contribution in [0.1, 0.15) is 32.6 Å². The predicted molar refractivity (Wildman–Crippen MR) is 62.0 cm³/mol. The predicted octanol–water partition coefficient (Wildman–Crippen LogP) is 1.63. The third kappa shape index (κ3) is 1.90. The lowest BCUT2D eigenvalue weighted by Gasteiger charge is -2.21. The zero-order valence-electron chi connectivity index (χ0n) is 8.49. The summed E-state index contributed by atoms with van der Waals surface area (Å²) < 4.78 is 0. The second-order valence-corrected chi connectivity index (χ2v) is 4.95. The van der Waals surface area contributed by atoms with E-state index in [1.54, 1.807) is 0 Å². The Morgan fingerprint density at radius 1 is 1.43 bits per heavy atom. The van der Waals surface area contributed by atoms with E-state index >= 15 is 0 Å². The first-order valence-corrected chi connectivity index (χ1v) is 5.67. The van der Waals surface area contributed by atoms with Gasteiger partial charge in [-0.15, -0.1) is 0 Å². The number of thiocarbonyl (C=S) groups is 1. The van der Waals surface area contributed by atoms with E-state index in [1.165, 1.54) is 31.4 Å². The summed E-state index contributed by atoms with van der Waals surface area (Å²) in [4.78, 5) is 0. The molecule has 2 fully saturated rings. The van der Waals surface area contributed by atoms with Gasteiger partial charge in [0.25, 0.3) is 0 Å². The molecule has 2 aliphatic rings. The second kappa shape index (κ2) is 3.85. The minimum absolute atomic E-state index is 0.257. The van der Waals surface area contributed by atoms with Gasteiger partial charge < -0.3 is 5.73 Å². The van der Waals surface area contributed by atoms with E-state index in [4.69, 9.17) is 18.0 Å². The van der Waals surface area contributed by atoms with Gasteiger partial charge in [0.05, 0.1) is 0 Å². The minimum Gasteiger partial charge on any atom is -0.375 e. The zero-order chi connectivity index (χ0) is 10.1. The van der Waals surface area contributed by atoms with E-state index in [0.717, 1.165) is 11.8 Å². The van der Waals surface area contributed by atoms with Crippen molar-refractivity contribution in [1.29, 1.82) is 0 Å². The van der Waals surface area contributed by atoms with Crippen LogP contribution in [0.4, 0.5) is 0 Å². The average molecular weight is 211 g/mol. The van der Waals surface area contributed by atoms with Gasteiger partial charge in [-0.2, -0.15) is 5.10 Å². The fourth-order valence-corrected chi connectivity index (χ4v) is 3.03. The molecular formula is C10H17N3S. The van der Waals surface area contributed by atoms with Crippen LogP contribution in [0.2, 0.25) is 0 Å². The van der Waals surface area contributed by atoms with E-state index in [2.05, 4.69) is 17.5 Å². The van der Waals surface area contributed by atoms with Crippen LogP contribution >= 0.6 is 12.2 Å². The molecule has 2 bridgehead atoms. The van der Waals surface area contributed by atoms with Gasteiger partial charge in [-0.25, -0.2) is 0 Å². The van der Waals surface area contributed by atoms with Crippen molar-refractivity contribution in [3.05, 3.63) is 0 Å². The summed E-state index contributed by atoms with van der Waals surface area (Å²) in [6, 6.07) is 0. The van der Waals surface area contributed by atoms with Crippen molar-refractivity contribution in [3.8, 4) is 0 Å². The van der Waals surface area contributed by atoms with Crippen LogP contribution in [0, 0.1) is 17.8 Å². The maximum atomic E-state index is 5.33. The molecule has 78 valence electrons. The summed E-state index contributed by atoms with van der Waals surface area (Å²) >= 11 is 4.71. The monoisotopic (exact) mass is 211 g/mol. The molecule has 0 amide bonds. The van der Waals surface area contributed by atoms with Crippen molar-refractivity contribution < 1.29 is 0 Å². The van der Waals surface area contributed by atoms with Crippen LogP contribution in [0.5, 0.6) is 0 Å². The number of nitrogens with one attached hydrogen (secondary N) is 1. The Labute approximate surface area is 90.1 Å². The second-order valence-electron chi connectivity index (χ2n) is 4.51. The van der Waals surface area contributed by atoms with E-state index in [9.17, 15) is 0 Å². The van der Waals surface area contributed by atoms with E-state index in [0.29, 0.717) is 5.92 Å². The van der Waals surface area contributed by atoms with Gasteiger partial charge in [-0.1, -0.05) is 6.42 Å². The number of nitrogens with two attached hydrogens (primary N) is 1. The van der Waals surface area contributed by atoms with Crippen molar-refractivity contribution in [1.82, 2.24) is 5.43 Å². The first kappa shape index (κ1) is 9.90. The molecular weight excluding hydrogens is 194 g/mol. The van der Waals surface area contributed by atoms with E-state index in [1.807, 2.05) is 0 Å². The summed E-state index contributed by atoms with van der Waals surface area (Å²) in [5.41, 5.74) is 9.18. The summed E-state index contributed by atoms with van der Waals surface area (Å²) in [7, 11) is 0. The lowest BCUT2D eigenvalue weighted by Crippen LogP contribution is -2.28. The average Bonchev–Trinajstić information content (AvgIpc) is 2.74. The molecule has 0 radical (unpaired) electrons. The van der Waals surface area contributed by atoms with Gasteiger partial charge in [0, 0.05) is 11.6 Å². The fraction of sp³-hybridized carbons (Fsp3) is 0.800. The first-order valence-electron chi connectivity index (χ1n) is 5.26. The van der Waals surface area contributed by atoms with Crippen LogP contribution in [0.3, 0.4) is 0 Å². The van der Waals surface area contributed by atoms with E-state index in [-0.39, 0.29) is 5.11 Å². The highest BCUT2D eigenvalue weighted by molar-refractivity contribution is 7.80. The summed E-state index contributed by atoms with van der Waals surface area (Å²) in [6.07, 6.45) is 5.54. The van der Waals surface area contributed by atoms with Gasteiger partial charge in [0.1, 0.15) is 0 Å². The van der Waals surface area contributed by atoms with Crippen molar-refractivity contribution in [2.24, 2.45) is 28.6 Å². The molecule has 3 nitrogen and oxygen atoms in total. The number of hydrazone groups is 1. The standard InChI is InChI=1S/C10H17N3S/c1-6(12-13-10(11)14)9-5-7-2-3-8(9)4-7/h7-9H,2-5H2,1H3,(H3,11,13,14)/b12-6-. The summed E-state index contributed by atoms with van der Waals surface area (Å²) in [5.74, 6) is 2.51. The first-order chi connectivity index (χ1) is 6.66. The molecule has 0 aromatic heterocycles. The number of hydrogen-bond acceptors (Lipinski definition) is 2. The number of nitrogens with zero attached hydrogens (tertiary/aromatic N) is 1. The largest absolute Gasteiger partial charge is 0.375 e. The smallest absolute Gasteiger partial charge is 0.184 e. The maximum Gasteiger partial charge on any atom is 0.184 e. The molecule has 0 aromatic carbocycles. The molecule has 2 saturated carbocycles. The zero-order valence-corrected chi connectivity index (χ0v) is 9.31. The van der Waals surface area contributed by atoms with Crippen molar-refractivity contribution in [2.75, 3.05) is 0 Å². The molecule has 2 rings (SSSR count). The highest BCUT2D eigenvalue weighted by atomic mass is 32.1. The van der Waals surface area contributed by atoms with Gasteiger partial charge in [0.15, 0.2) is 5.11 Å². The highest BCUT2D eigenvalue weighted by Gasteiger charge is 2.40. The Bertz CT molecular complexity index is 275. The molecule has 3 atom stereocenters. The summed E-state index contributed by atoms with van der Waals surface area (Å²) in [5, 5.41) is 4.48. The number of hydrogen-bond donors (Lipinski definition) is 2. The van der Waals surface area contributed by atoms with Crippen LogP contribution in [0.25, 0.3) is 0 Å². The molecule has 0 aromatic rings. The maximum absolute atomic E-state index is 5.33. The van der Waals surface area contributed by atoms with Gasteiger partial charge in [-0.3, -0.25) is 5.43 Å². The van der Waals surface area contributed by atoms with Crippen LogP contribution in [-0.2, 0) is 0 Å². The van der Waals surface area contributed by atoms with E-state index < -0.39 is 0 Å². The third-order valence-electron chi connectivity index (χ3n) is 3.62. The fourth-order valence-electron chi connectivity index (χ4n) is 2.98. The molecule has 0 saturated heterocycles. The Morgan fingerprint density at radius 3 is 2.71 bits per heavy atom. The minimum atomic E-state index is 0.257. The van der Waals surface area contributed by atoms with Crippen molar-refractivity contribution >= 4 is 23.0 Å². The Hall–Kier alpha value is -0.640. The topological polar surface area (TPSA) is 50.4 Å². The highest BCUT2D eigenvalue weighted by Crippen LogP contribution is 2.48. The molecule has 14 heavy (non-hydrogen) atoms. The van der Waals surface area contributed by atoms with Gasteiger partial charge >= 0.3 is 0 Å². The molecule has 3 unspecified atom stereocenters. The lowest BCUT2D eigenvalue weighted by molar-refractivity contribution is 0.413. The Balaban J connectivity index is 1.95. The molecule has 2 aliphatic carbocycles. The Kier molecular flexibility index (Phi) is 2.72. The van der Waals surface area contributed by atoms with Gasteiger partial charge in [0.2, 0.25) is 0 Å². The van der Waals surface area contributed by atoms with Crippen molar-refractivity contribution in [2.45, 2.75) is 32.6 Å². The van der Waals surface area contributed by atoms with Crippen LogP contribution in [-0.4, -0.2) is 10.8 Å². The van der Waals surface area contributed by atoms with Crippen LogP contribution in [0.15, 0.2) is 5.10 Å². The lowest BCUT2D eigenvalue weighted by atomic mass is 9.86. The number of rotatable bonds is 2. The van der Waals surface area contributed by atoms with Gasteiger partial charge in [-0.05, 0) is 50.2 Å². The summed E-state index contributed by atoms with van der Waals surface area (Å²) in [6.45, 7) is 2.08. The quantitative estimate of drug-likeness (QED) is 0.415. The molecule has 4 heteroatoms. The Morgan fingerprint density at radius 2 is 2.21 bits per heavy atom. The van der Waals surface area contributed by atoms with Crippen molar-refractivity contribution in [3.63, 3.8) is 0 Å². The molecule has 0 aliphatic heterocycles. The normalized spacial score (nSPS) is 36.1.